The summed E-state index contributed by atoms with van der Waals surface area (Å²) in [4.78, 5) is 19.3. The summed E-state index contributed by atoms with van der Waals surface area (Å²) in [5, 5.41) is 5.85. The lowest BCUT2D eigenvalue weighted by Crippen LogP contribution is -2.52. The van der Waals surface area contributed by atoms with E-state index in [9.17, 15) is 4.79 Å². The smallest absolute Gasteiger partial charge is 0.231 e. The number of hydrogen-bond donors (Lipinski definition) is 2. The SMILES string of the molecule is Cc1ccc(NC(=O)Cc2nc(CN3CCC(N)C(C)(C)C3)cs2)cc1.Cl.Cl. The maximum Gasteiger partial charge on any atom is 0.231 e. The van der Waals surface area contributed by atoms with Crippen molar-refractivity contribution in [1.29, 1.82) is 0 Å². The van der Waals surface area contributed by atoms with E-state index in [1.54, 1.807) is 11.3 Å². The van der Waals surface area contributed by atoms with E-state index < -0.39 is 0 Å². The Kier molecular flexibility index (Phi) is 9.37. The molecule has 1 saturated heterocycles. The van der Waals surface area contributed by atoms with E-state index in [1.165, 1.54) is 5.56 Å². The van der Waals surface area contributed by atoms with Crippen molar-refractivity contribution in [1.82, 2.24) is 9.88 Å². The van der Waals surface area contributed by atoms with Crippen molar-refractivity contribution in [3.05, 3.63) is 45.9 Å². The molecule has 3 rings (SSSR count). The van der Waals surface area contributed by atoms with E-state index in [0.717, 1.165) is 42.4 Å². The minimum Gasteiger partial charge on any atom is -0.327 e. The Balaban J connectivity index is 0.00000196. The summed E-state index contributed by atoms with van der Waals surface area (Å²) >= 11 is 1.56. The number of carbonyl (C=O) groups is 1. The zero-order chi connectivity index (χ0) is 18.7. The summed E-state index contributed by atoms with van der Waals surface area (Å²) in [7, 11) is 0. The summed E-state index contributed by atoms with van der Waals surface area (Å²) in [5.41, 5.74) is 9.38. The minimum atomic E-state index is -0.0279. The van der Waals surface area contributed by atoms with Crippen LogP contribution in [0.3, 0.4) is 0 Å². The van der Waals surface area contributed by atoms with Gasteiger partial charge in [-0.2, -0.15) is 0 Å². The molecule has 2 aromatic rings. The number of nitrogens with zero attached hydrogens (tertiary/aromatic N) is 2. The molecule has 5 nitrogen and oxygen atoms in total. The first-order valence-electron chi connectivity index (χ1n) is 9.09. The van der Waals surface area contributed by atoms with Crippen LogP contribution in [0.25, 0.3) is 0 Å². The fourth-order valence-corrected chi connectivity index (χ4v) is 4.11. The van der Waals surface area contributed by atoms with Crippen molar-refractivity contribution < 1.29 is 4.79 Å². The van der Waals surface area contributed by atoms with Crippen molar-refractivity contribution >= 4 is 47.7 Å². The molecule has 0 bridgehead atoms. The van der Waals surface area contributed by atoms with Crippen LogP contribution in [-0.4, -0.2) is 34.9 Å². The van der Waals surface area contributed by atoms with Crippen molar-refractivity contribution in [3.63, 3.8) is 0 Å². The van der Waals surface area contributed by atoms with Gasteiger partial charge in [-0.1, -0.05) is 31.5 Å². The number of hydrogen-bond acceptors (Lipinski definition) is 5. The number of nitrogens with one attached hydrogen (secondary N) is 1. The largest absolute Gasteiger partial charge is 0.327 e. The van der Waals surface area contributed by atoms with Crippen molar-refractivity contribution in [2.45, 2.75) is 46.2 Å². The summed E-state index contributed by atoms with van der Waals surface area (Å²) in [6.07, 6.45) is 1.33. The molecule has 1 aliphatic heterocycles. The van der Waals surface area contributed by atoms with E-state index in [1.807, 2.05) is 31.2 Å². The Labute approximate surface area is 183 Å². The normalized spacial score (nSPS) is 18.6. The lowest BCUT2D eigenvalue weighted by Gasteiger charge is -2.42. The van der Waals surface area contributed by atoms with Gasteiger partial charge in [-0.3, -0.25) is 9.69 Å². The van der Waals surface area contributed by atoms with Crippen LogP contribution < -0.4 is 11.1 Å². The molecule has 1 unspecified atom stereocenters. The standard InChI is InChI=1S/C20H28N4OS.2ClH/c1-14-4-6-15(7-5-14)22-18(25)10-19-23-16(12-26-19)11-24-9-8-17(21)20(2,3)13-24;;/h4-7,12,17H,8-11,13,21H2,1-3H3,(H,22,25);2*1H. The number of aryl methyl sites for hydroxylation is 1. The zero-order valence-electron chi connectivity index (χ0n) is 16.6. The predicted octanol–water partition coefficient (Wildman–Crippen LogP) is 4.04. The van der Waals surface area contributed by atoms with E-state index in [4.69, 9.17) is 5.73 Å². The number of likely N-dealkylation sites (tertiary alicyclic amines) is 1. The number of nitrogens with two attached hydrogens (primary N) is 1. The Morgan fingerprint density at radius 2 is 2.00 bits per heavy atom. The summed E-state index contributed by atoms with van der Waals surface area (Å²) in [5.74, 6) is -0.0279. The fraction of sp³-hybridized carbons (Fsp3) is 0.500. The number of aromatic nitrogens is 1. The first-order chi connectivity index (χ1) is 12.3. The molecule has 0 radical (unpaired) electrons. The molecule has 1 fully saturated rings. The number of anilines is 1. The average Bonchev–Trinajstić information content (AvgIpc) is 2.99. The molecule has 156 valence electrons. The van der Waals surface area contributed by atoms with Crippen LogP contribution >= 0.6 is 36.2 Å². The van der Waals surface area contributed by atoms with E-state index in [-0.39, 0.29) is 42.2 Å². The number of piperidine rings is 1. The van der Waals surface area contributed by atoms with Crippen molar-refractivity contribution in [2.24, 2.45) is 11.1 Å². The molecule has 3 N–H and O–H groups in total. The van der Waals surface area contributed by atoms with Crippen LogP contribution in [-0.2, 0) is 17.8 Å². The first kappa shape index (κ1) is 24.9. The second-order valence-corrected chi connectivity index (χ2v) is 8.86. The molecule has 1 aromatic heterocycles. The average molecular weight is 445 g/mol. The van der Waals surface area contributed by atoms with Gasteiger partial charge in [0.1, 0.15) is 5.01 Å². The molecule has 0 aliphatic carbocycles. The molecule has 1 amide bonds. The summed E-state index contributed by atoms with van der Waals surface area (Å²) in [6.45, 7) is 9.30. The summed E-state index contributed by atoms with van der Waals surface area (Å²) in [6, 6.07) is 8.08. The fourth-order valence-electron chi connectivity index (χ4n) is 3.33. The third kappa shape index (κ3) is 6.71. The molecular formula is C20H30Cl2N4OS. The van der Waals surface area contributed by atoms with Gasteiger partial charge in [-0.15, -0.1) is 36.2 Å². The molecule has 8 heteroatoms. The van der Waals surface area contributed by atoms with Crippen LogP contribution in [0.2, 0.25) is 0 Å². The van der Waals surface area contributed by atoms with Gasteiger partial charge >= 0.3 is 0 Å². The van der Waals surface area contributed by atoms with Gasteiger partial charge in [0.2, 0.25) is 5.91 Å². The lowest BCUT2D eigenvalue weighted by atomic mass is 9.80. The second-order valence-electron chi connectivity index (χ2n) is 7.92. The van der Waals surface area contributed by atoms with E-state index in [2.05, 4.69) is 34.4 Å². The van der Waals surface area contributed by atoms with E-state index in [0.29, 0.717) is 6.42 Å². The number of carbonyl (C=O) groups excluding carboxylic acids is 1. The monoisotopic (exact) mass is 444 g/mol. The highest BCUT2D eigenvalue weighted by Crippen LogP contribution is 2.28. The molecule has 1 aromatic carbocycles. The molecule has 2 heterocycles. The number of rotatable bonds is 5. The quantitative estimate of drug-likeness (QED) is 0.729. The Hall–Kier alpha value is -1.18. The van der Waals surface area contributed by atoms with Gasteiger partial charge in [-0.25, -0.2) is 4.98 Å². The van der Waals surface area contributed by atoms with Crippen LogP contribution in [0.5, 0.6) is 0 Å². The second kappa shape index (κ2) is 10.6. The first-order valence-corrected chi connectivity index (χ1v) is 9.97. The van der Waals surface area contributed by atoms with Gasteiger partial charge in [0.25, 0.3) is 0 Å². The predicted molar refractivity (Wildman–Crippen MR) is 122 cm³/mol. The van der Waals surface area contributed by atoms with Crippen LogP contribution in [0, 0.1) is 12.3 Å². The number of thiazole rings is 1. The van der Waals surface area contributed by atoms with Crippen LogP contribution in [0.15, 0.2) is 29.6 Å². The highest BCUT2D eigenvalue weighted by molar-refractivity contribution is 7.09. The maximum absolute atomic E-state index is 12.2. The molecule has 0 spiro atoms. The molecule has 1 atom stereocenters. The van der Waals surface area contributed by atoms with Crippen molar-refractivity contribution in [2.75, 3.05) is 18.4 Å². The zero-order valence-corrected chi connectivity index (χ0v) is 19.1. The van der Waals surface area contributed by atoms with Gasteiger partial charge in [-0.05, 0) is 30.9 Å². The molecular weight excluding hydrogens is 415 g/mol. The third-order valence-electron chi connectivity index (χ3n) is 5.02. The Morgan fingerprint density at radius 1 is 1.32 bits per heavy atom. The highest BCUT2D eigenvalue weighted by Gasteiger charge is 2.33. The van der Waals surface area contributed by atoms with Gasteiger partial charge in [0.15, 0.2) is 0 Å². The highest BCUT2D eigenvalue weighted by atomic mass is 35.5. The Morgan fingerprint density at radius 3 is 2.64 bits per heavy atom. The summed E-state index contributed by atoms with van der Waals surface area (Å²) < 4.78 is 0. The molecule has 0 saturated carbocycles. The van der Waals surface area contributed by atoms with E-state index >= 15 is 0 Å². The minimum absolute atomic E-state index is 0. The van der Waals surface area contributed by atoms with Crippen LogP contribution in [0.4, 0.5) is 5.69 Å². The third-order valence-corrected chi connectivity index (χ3v) is 5.92. The van der Waals surface area contributed by atoms with Crippen molar-refractivity contribution in [3.8, 4) is 0 Å². The number of benzene rings is 1. The van der Waals surface area contributed by atoms with Gasteiger partial charge in [0.05, 0.1) is 12.1 Å². The number of halogens is 2. The maximum atomic E-state index is 12.2. The number of amides is 1. The van der Waals surface area contributed by atoms with Gasteiger partial charge < -0.3 is 11.1 Å². The van der Waals surface area contributed by atoms with Gasteiger partial charge in [0, 0.05) is 36.7 Å². The molecule has 28 heavy (non-hydrogen) atoms. The Bertz CT molecular complexity index is 764. The van der Waals surface area contributed by atoms with Crippen LogP contribution in [0.1, 0.15) is 36.5 Å². The lowest BCUT2D eigenvalue weighted by molar-refractivity contribution is -0.115. The molecule has 1 aliphatic rings. The topological polar surface area (TPSA) is 71.2 Å².